The number of halogens is 1. The maximum atomic E-state index is 5.99. The second kappa shape index (κ2) is 5.66. The van der Waals surface area contributed by atoms with E-state index < -0.39 is 0 Å². The summed E-state index contributed by atoms with van der Waals surface area (Å²) in [7, 11) is 0. The van der Waals surface area contributed by atoms with Gasteiger partial charge in [-0.2, -0.15) is 16.9 Å². The minimum absolute atomic E-state index is 0.491. The Hall–Kier alpha value is -1.20. The maximum absolute atomic E-state index is 5.99. The highest BCUT2D eigenvalue weighted by Gasteiger charge is 2.25. The van der Waals surface area contributed by atoms with Crippen LogP contribution in [0.3, 0.4) is 0 Å². The van der Waals surface area contributed by atoms with Gasteiger partial charge in [0.1, 0.15) is 11.0 Å². The van der Waals surface area contributed by atoms with Crippen LogP contribution in [0.2, 0.25) is 5.15 Å². The molecular weight excluding hydrogens is 292 g/mol. The Balaban J connectivity index is 1.96. The molecular formula is C14H17ClN4S. The first-order chi connectivity index (χ1) is 9.67. The smallest absolute Gasteiger partial charge is 0.132 e. The molecule has 4 nitrogen and oxygen atoms in total. The molecule has 1 atom stereocenters. The van der Waals surface area contributed by atoms with E-state index in [1.165, 1.54) is 6.42 Å². The maximum Gasteiger partial charge on any atom is 0.132 e. The molecule has 1 saturated heterocycles. The van der Waals surface area contributed by atoms with Crippen molar-refractivity contribution in [3.63, 3.8) is 0 Å². The zero-order valence-corrected chi connectivity index (χ0v) is 13.2. The molecule has 1 aliphatic heterocycles. The van der Waals surface area contributed by atoms with Gasteiger partial charge in [0.25, 0.3) is 0 Å². The Morgan fingerprint density at radius 2 is 2.25 bits per heavy atom. The lowest BCUT2D eigenvalue weighted by Gasteiger charge is -2.19. The molecule has 0 radical (unpaired) electrons. The van der Waals surface area contributed by atoms with Crippen LogP contribution < -0.4 is 4.90 Å². The van der Waals surface area contributed by atoms with Gasteiger partial charge in [-0.15, -0.1) is 0 Å². The molecule has 0 aromatic carbocycles. The van der Waals surface area contributed by atoms with E-state index in [2.05, 4.69) is 27.3 Å². The molecule has 3 rings (SSSR count). The molecule has 0 spiro atoms. The van der Waals surface area contributed by atoms with Crippen LogP contribution in [0.1, 0.15) is 12.1 Å². The molecule has 2 aromatic rings. The average molecular weight is 309 g/mol. The van der Waals surface area contributed by atoms with E-state index in [9.17, 15) is 0 Å². The Bertz CT molecular complexity index is 613. The summed E-state index contributed by atoms with van der Waals surface area (Å²) in [6.07, 6.45) is 5.12. The monoisotopic (exact) mass is 308 g/mol. The summed E-state index contributed by atoms with van der Waals surface area (Å²) < 4.78 is 1.96. The van der Waals surface area contributed by atoms with E-state index >= 15 is 0 Å². The van der Waals surface area contributed by atoms with Crippen molar-refractivity contribution in [1.29, 1.82) is 0 Å². The fourth-order valence-corrected chi connectivity index (χ4v) is 3.39. The number of hydrogen-bond donors (Lipinski definition) is 0. The van der Waals surface area contributed by atoms with E-state index in [4.69, 9.17) is 11.6 Å². The molecule has 1 aliphatic rings. The van der Waals surface area contributed by atoms with Gasteiger partial charge in [-0.1, -0.05) is 11.6 Å². The highest BCUT2D eigenvalue weighted by atomic mass is 35.5. The van der Waals surface area contributed by atoms with E-state index in [-0.39, 0.29) is 0 Å². The third-order valence-electron chi connectivity index (χ3n) is 3.57. The van der Waals surface area contributed by atoms with Gasteiger partial charge < -0.3 is 4.90 Å². The molecule has 0 aliphatic carbocycles. The lowest BCUT2D eigenvalue weighted by atomic mass is 10.4. The van der Waals surface area contributed by atoms with Gasteiger partial charge in [0.15, 0.2) is 0 Å². The van der Waals surface area contributed by atoms with Gasteiger partial charge in [-0.3, -0.25) is 0 Å². The van der Waals surface area contributed by atoms with Crippen molar-refractivity contribution < 1.29 is 0 Å². The Labute approximate surface area is 128 Å². The number of aromatic nitrogens is 3. The summed E-state index contributed by atoms with van der Waals surface area (Å²) in [5, 5.41) is 5.80. The minimum Gasteiger partial charge on any atom is -0.355 e. The SMILES string of the molecule is CSC1CCN(c2cc(C)nn2-c2ccnc(Cl)c2)C1. The second-order valence-electron chi connectivity index (χ2n) is 4.98. The summed E-state index contributed by atoms with van der Waals surface area (Å²) in [6, 6.07) is 5.92. The summed E-state index contributed by atoms with van der Waals surface area (Å²) in [5.74, 6) is 1.14. The van der Waals surface area contributed by atoms with Crippen LogP contribution in [0.15, 0.2) is 24.4 Å². The molecule has 0 bridgehead atoms. The lowest BCUT2D eigenvalue weighted by Crippen LogP contribution is -2.23. The zero-order valence-electron chi connectivity index (χ0n) is 11.6. The number of rotatable bonds is 3. The number of pyridine rings is 1. The molecule has 1 unspecified atom stereocenters. The Morgan fingerprint density at radius 1 is 1.40 bits per heavy atom. The quantitative estimate of drug-likeness (QED) is 0.816. The largest absolute Gasteiger partial charge is 0.355 e. The summed E-state index contributed by atoms with van der Waals surface area (Å²) >= 11 is 7.93. The van der Waals surface area contributed by atoms with Gasteiger partial charge in [0.2, 0.25) is 0 Å². The molecule has 3 heterocycles. The molecule has 1 fully saturated rings. The van der Waals surface area contributed by atoms with Crippen molar-refractivity contribution in [2.45, 2.75) is 18.6 Å². The topological polar surface area (TPSA) is 34.0 Å². The minimum atomic E-state index is 0.491. The molecule has 0 amide bonds. The average Bonchev–Trinajstić information content (AvgIpc) is 3.04. The number of nitrogens with zero attached hydrogens (tertiary/aromatic N) is 4. The number of thioether (sulfide) groups is 1. The Kier molecular flexibility index (Phi) is 3.89. The summed E-state index contributed by atoms with van der Waals surface area (Å²) in [5.41, 5.74) is 1.97. The highest BCUT2D eigenvalue weighted by molar-refractivity contribution is 7.99. The van der Waals surface area contributed by atoms with Gasteiger partial charge in [0.05, 0.1) is 11.4 Å². The summed E-state index contributed by atoms with van der Waals surface area (Å²) in [6.45, 7) is 4.17. The molecule has 20 heavy (non-hydrogen) atoms. The first-order valence-corrected chi connectivity index (χ1v) is 8.30. The van der Waals surface area contributed by atoms with Gasteiger partial charge >= 0.3 is 0 Å². The predicted octanol–water partition coefficient (Wildman–Crippen LogP) is 3.17. The van der Waals surface area contributed by atoms with Crippen LogP contribution in [0.4, 0.5) is 5.82 Å². The third-order valence-corrected chi connectivity index (χ3v) is 4.83. The zero-order chi connectivity index (χ0) is 14.1. The van der Waals surface area contributed by atoms with Crippen LogP contribution in [0.25, 0.3) is 5.69 Å². The van der Waals surface area contributed by atoms with Crippen LogP contribution in [-0.2, 0) is 0 Å². The van der Waals surface area contributed by atoms with Crippen LogP contribution in [-0.4, -0.2) is 39.4 Å². The standard InChI is InChI=1S/C14H17ClN4S/c1-10-7-14(18-6-4-12(9-18)20-2)19(17-10)11-3-5-16-13(15)8-11/h3,5,7-8,12H,4,6,9H2,1-2H3. The number of hydrogen-bond acceptors (Lipinski definition) is 4. The van der Waals surface area contributed by atoms with Crippen molar-refractivity contribution in [2.75, 3.05) is 24.2 Å². The van der Waals surface area contributed by atoms with E-state index in [0.717, 1.165) is 30.3 Å². The van der Waals surface area contributed by atoms with E-state index in [1.807, 2.05) is 35.5 Å². The summed E-state index contributed by atoms with van der Waals surface area (Å²) in [4.78, 5) is 6.43. The molecule has 106 valence electrons. The first-order valence-electron chi connectivity index (χ1n) is 6.63. The first kappa shape index (κ1) is 13.8. The number of anilines is 1. The van der Waals surface area contributed by atoms with Gasteiger partial charge in [-0.05, 0) is 25.7 Å². The number of aryl methyl sites for hydroxylation is 1. The normalized spacial score (nSPS) is 18.8. The van der Waals surface area contributed by atoms with Gasteiger partial charge in [0, 0.05) is 36.7 Å². The van der Waals surface area contributed by atoms with Crippen molar-refractivity contribution in [3.05, 3.63) is 35.2 Å². The van der Waals surface area contributed by atoms with Crippen LogP contribution >= 0.6 is 23.4 Å². The van der Waals surface area contributed by atoms with E-state index in [1.54, 1.807) is 6.20 Å². The van der Waals surface area contributed by atoms with Crippen molar-refractivity contribution >= 4 is 29.2 Å². The van der Waals surface area contributed by atoms with Crippen molar-refractivity contribution in [1.82, 2.24) is 14.8 Å². The third kappa shape index (κ3) is 2.65. The van der Waals surface area contributed by atoms with Crippen LogP contribution in [0.5, 0.6) is 0 Å². The molecule has 0 N–H and O–H groups in total. The Morgan fingerprint density at radius 3 is 2.95 bits per heavy atom. The second-order valence-corrected chi connectivity index (χ2v) is 6.51. The van der Waals surface area contributed by atoms with Crippen LogP contribution in [0, 0.1) is 6.92 Å². The lowest BCUT2D eigenvalue weighted by molar-refractivity contribution is 0.814. The van der Waals surface area contributed by atoms with Crippen molar-refractivity contribution in [3.8, 4) is 5.69 Å². The molecule has 0 saturated carbocycles. The predicted molar refractivity (Wildman–Crippen MR) is 85.2 cm³/mol. The fraction of sp³-hybridized carbons (Fsp3) is 0.429. The van der Waals surface area contributed by atoms with Gasteiger partial charge in [-0.25, -0.2) is 9.67 Å². The van der Waals surface area contributed by atoms with Crippen molar-refractivity contribution in [2.24, 2.45) is 0 Å². The molecule has 6 heteroatoms. The molecule has 2 aromatic heterocycles. The van der Waals surface area contributed by atoms with E-state index in [0.29, 0.717) is 10.4 Å². The fourth-order valence-electron chi connectivity index (χ4n) is 2.55. The highest BCUT2D eigenvalue weighted by Crippen LogP contribution is 2.28.